The Hall–Kier alpha value is -1.13. The van der Waals surface area contributed by atoms with Crippen molar-refractivity contribution in [1.82, 2.24) is 0 Å². The van der Waals surface area contributed by atoms with Gasteiger partial charge in [-0.15, -0.1) is 0 Å². The maximum Gasteiger partial charge on any atom is 0.125 e. The van der Waals surface area contributed by atoms with Crippen LogP contribution in [0.2, 0.25) is 0 Å². The zero-order valence-electron chi connectivity index (χ0n) is 10.7. The van der Waals surface area contributed by atoms with Crippen molar-refractivity contribution in [3.63, 3.8) is 0 Å². The fraction of sp³-hybridized carbons (Fsp3) is 0.571. The Bertz CT molecular complexity index is 397. The summed E-state index contributed by atoms with van der Waals surface area (Å²) in [4.78, 5) is 0. The van der Waals surface area contributed by atoms with Gasteiger partial charge in [-0.25, -0.2) is 4.39 Å². The van der Waals surface area contributed by atoms with Crippen molar-refractivity contribution in [3.8, 4) is 0 Å². The van der Waals surface area contributed by atoms with E-state index in [4.69, 9.17) is 15.2 Å². The van der Waals surface area contributed by atoms with Crippen LogP contribution in [0.5, 0.6) is 0 Å². The van der Waals surface area contributed by atoms with E-state index in [1.807, 2.05) is 0 Å². The highest BCUT2D eigenvalue weighted by molar-refractivity contribution is 5.46. The summed E-state index contributed by atoms with van der Waals surface area (Å²) >= 11 is 0. The molecule has 1 aromatic carbocycles. The van der Waals surface area contributed by atoms with E-state index in [0.717, 1.165) is 31.2 Å². The van der Waals surface area contributed by atoms with Gasteiger partial charge in [0.25, 0.3) is 0 Å². The van der Waals surface area contributed by atoms with E-state index >= 15 is 0 Å². The first-order valence-corrected chi connectivity index (χ1v) is 6.37. The second-order valence-electron chi connectivity index (χ2n) is 4.80. The van der Waals surface area contributed by atoms with Crippen LogP contribution in [0.4, 0.5) is 10.1 Å². The Morgan fingerprint density at radius 3 is 2.83 bits per heavy atom. The fourth-order valence-corrected chi connectivity index (χ4v) is 2.37. The second-order valence-corrected chi connectivity index (χ2v) is 4.80. The van der Waals surface area contributed by atoms with Crippen molar-refractivity contribution in [2.75, 3.05) is 12.8 Å². The van der Waals surface area contributed by atoms with Gasteiger partial charge in [0.2, 0.25) is 0 Å². The predicted molar refractivity (Wildman–Crippen MR) is 68.7 cm³/mol. The first-order valence-electron chi connectivity index (χ1n) is 6.37. The minimum Gasteiger partial charge on any atom is -0.398 e. The van der Waals surface area contributed by atoms with E-state index in [1.165, 1.54) is 12.1 Å². The molecule has 0 saturated heterocycles. The molecule has 2 rings (SSSR count). The molecule has 0 amide bonds. The molecule has 3 nitrogen and oxygen atoms in total. The van der Waals surface area contributed by atoms with Gasteiger partial charge in [0.05, 0.1) is 18.8 Å². The van der Waals surface area contributed by atoms with Crippen molar-refractivity contribution in [2.24, 2.45) is 0 Å². The highest BCUT2D eigenvalue weighted by atomic mass is 19.1. The highest BCUT2D eigenvalue weighted by Gasteiger charge is 2.22. The van der Waals surface area contributed by atoms with Crippen LogP contribution in [0.3, 0.4) is 0 Å². The molecule has 0 aromatic heterocycles. The average Bonchev–Trinajstić information content (AvgIpc) is 2.38. The van der Waals surface area contributed by atoms with Gasteiger partial charge in [-0.3, -0.25) is 0 Å². The van der Waals surface area contributed by atoms with Gasteiger partial charge in [0.15, 0.2) is 0 Å². The van der Waals surface area contributed by atoms with Crippen LogP contribution in [0.1, 0.15) is 31.2 Å². The number of anilines is 1. The molecular weight excluding hydrogens is 233 g/mol. The Balaban J connectivity index is 1.87. The Kier molecular flexibility index (Phi) is 4.55. The van der Waals surface area contributed by atoms with Gasteiger partial charge >= 0.3 is 0 Å². The summed E-state index contributed by atoms with van der Waals surface area (Å²) in [6, 6.07) is 4.42. The maximum absolute atomic E-state index is 12.9. The number of nitrogens with two attached hydrogens (primary N) is 1. The molecule has 0 bridgehead atoms. The predicted octanol–water partition coefficient (Wildman–Crippen LogP) is 2.88. The maximum atomic E-state index is 12.9. The number of methoxy groups -OCH3 is 1. The van der Waals surface area contributed by atoms with E-state index in [0.29, 0.717) is 18.4 Å². The lowest BCUT2D eigenvalue weighted by atomic mass is 9.95. The van der Waals surface area contributed by atoms with Crippen molar-refractivity contribution in [1.29, 1.82) is 0 Å². The number of halogens is 1. The topological polar surface area (TPSA) is 44.5 Å². The molecule has 18 heavy (non-hydrogen) atoms. The summed E-state index contributed by atoms with van der Waals surface area (Å²) in [5, 5.41) is 0. The Labute approximate surface area is 107 Å². The normalized spacial score (nSPS) is 24.1. The van der Waals surface area contributed by atoms with Crippen molar-refractivity contribution < 1.29 is 13.9 Å². The van der Waals surface area contributed by atoms with E-state index in [1.54, 1.807) is 13.2 Å². The first-order chi connectivity index (χ1) is 8.69. The van der Waals surface area contributed by atoms with Gasteiger partial charge in [0.1, 0.15) is 5.82 Å². The molecule has 0 aliphatic heterocycles. The lowest BCUT2D eigenvalue weighted by Gasteiger charge is -2.28. The summed E-state index contributed by atoms with van der Waals surface area (Å²) in [5.74, 6) is -0.312. The first kappa shape index (κ1) is 13.3. The zero-order chi connectivity index (χ0) is 13.0. The highest BCUT2D eigenvalue weighted by Crippen LogP contribution is 2.24. The minimum absolute atomic E-state index is 0.216. The number of nitrogen functional groups attached to an aromatic ring is 1. The van der Waals surface area contributed by atoms with Gasteiger partial charge in [-0.05, 0) is 37.8 Å². The van der Waals surface area contributed by atoms with E-state index in [9.17, 15) is 4.39 Å². The van der Waals surface area contributed by atoms with Crippen molar-refractivity contribution in [3.05, 3.63) is 29.6 Å². The molecule has 2 unspecified atom stereocenters. The monoisotopic (exact) mass is 253 g/mol. The Morgan fingerprint density at radius 2 is 2.11 bits per heavy atom. The van der Waals surface area contributed by atoms with Crippen LogP contribution < -0.4 is 5.73 Å². The van der Waals surface area contributed by atoms with Gasteiger partial charge < -0.3 is 15.2 Å². The third-order valence-electron chi connectivity index (χ3n) is 3.49. The number of ether oxygens (including phenoxy) is 2. The SMILES string of the molecule is COC1CCCC(OCc2ccc(F)cc2N)C1. The molecule has 0 heterocycles. The van der Waals surface area contributed by atoms with E-state index in [-0.39, 0.29) is 11.9 Å². The zero-order valence-corrected chi connectivity index (χ0v) is 10.7. The van der Waals surface area contributed by atoms with Crippen LogP contribution in [0.25, 0.3) is 0 Å². The summed E-state index contributed by atoms with van der Waals surface area (Å²) in [6.07, 6.45) is 4.73. The molecule has 1 saturated carbocycles. The number of rotatable bonds is 4. The van der Waals surface area contributed by atoms with Crippen molar-refractivity contribution >= 4 is 5.69 Å². The molecule has 1 aromatic rings. The van der Waals surface area contributed by atoms with Gasteiger partial charge in [-0.1, -0.05) is 6.07 Å². The molecule has 4 heteroatoms. The molecule has 1 aliphatic rings. The van der Waals surface area contributed by atoms with Crippen LogP contribution in [0, 0.1) is 5.82 Å². The molecule has 1 fully saturated rings. The van der Waals surface area contributed by atoms with Gasteiger partial charge in [-0.2, -0.15) is 0 Å². The standard InChI is InChI=1S/C14H20FNO2/c1-17-12-3-2-4-13(8-12)18-9-10-5-6-11(15)7-14(10)16/h5-7,12-13H,2-4,8-9,16H2,1H3. The number of benzene rings is 1. The molecule has 2 N–H and O–H groups in total. The van der Waals surface area contributed by atoms with Gasteiger partial charge in [0, 0.05) is 18.4 Å². The second kappa shape index (κ2) is 6.16. The van der Waals surface area contributed by atoms with Crippen molar-refractivity contribution in [2.45, 2.75) is 44.5 Å². The molecule has 0 spiro atoms. The Morgan fingerprint density at radius 1 is 1.33 bits per heavy atom. The lowest BCUT2D eigenvalue weighted by molar-refractivity contribution is -0.0361. The van der Waals surface area contributed by atoms with Crippen LogP contribution in [-0.4, -0.2) is 19.3 Å². The van der Waals surface area contributed by atoms with E-state index < -0.39 is 0 Å². The summed E-state index contributed by atoms with van der Waals surface area (Å²) < 4.78 is 24.1. The molecule has 100 valence electrons. The quantitative estimate of drug-likeness (QED) is 0.839. The summed E-state index contributed by atoms with van der Waals surface area (Å²) in [7, 11) is 1.74. The smallest absolute Gasteiger partial charge is 0.125 e. The summed E-state index contributed by atoms with van der Waals surface area (Å²) in [6.45, 7) is 0.438. The molecule has 0 radical (unpaired) electrons. The minimum atomic E-state index is -0.312. The fourth-order valence-electron chi connectivity index (χ4n) is 2.37. The lowest BCUT2D eigenvalue weighted by Crippen LogP contribution is -2.27. The largest absolute Gasteiger partial charge is 0.398 e. The van der Waals surface area contributed by atoms with Crippen LogP contribution in [-0.2, 0) is 16.1 Å². The number of hydrogen-bond acceptors (Lipinski definition) is 3. The third kappa shape index (κ3) is 3.43. The average molecular weight is 253 g/mol. The molecule has 1 aliphatic carbocycles. The summed E-state index contributed by atoms with van der Waals surface area (Å²) in [5.41, 5.74) is 7.04. The van der Waals surface area contributed by atoms with Crippen LogP contribution in [0.15, 0.2) is 18.2 Å². The third-order valence-corrected chi connectivity index (χ3v) is 3.49. The number of hydrogen-bond donors (Lipinski definition) is 1. The van der Waals surface area contributed by atoms with E-state index in [2.05, 4.69) is 0 Å². The molecule has 2 atom stereocenters. The molecular formula is C14H20FNO2. The van der Waals surface area contributed by atoms with Crippen LogP contribution >= 0.6 is 0 Å².